The largest absolute Gasteiger partial charge is 0.492 e. The Balaban J connectivity index is 1.88. The normalized spacial score (nSPS) is 22.7. The van der Waals surface area contributed by atoms with Crippen molar-refractivity contribution in [2.75, 3.05) is 26.2 Å². The van der Waals surface area contributed by atoms with Crippen molar-refractivity contribution in [3.05, 3.63) is 29.8 Å². The van der Waals surface area contributed by atoms with Gasteiger partial charge in [-0.1, -0.05) is 12.1 Å². The Morgan fingerprint density at radius 2 is 2.14 bits per heavy atom. The molecule has 2 rings (SSSR count). The maximum Gasteiger partial charge on any atom is 0.393 e. The molecule has 22 heavy (non-hydrogen) atoms. The third-order valence-corrected chi connectivity index (χ3v) is 3.85. The summed E-state index contributed by atoms with van der Waals surface area (Å²) in [5.74, 6) is -3.09. The van der Waals surface area contributed by atoms with Gasteiger partial charge in [0.15, 0.2) is 0 Å². The van der Waals surface area contributed by atoms with E-state index in [4.69, 9.17) is 10.5 Å². The Bertz CT molecular complexity index is 534. The molecule has 1 aromatic rings. The number of halogens is 3. The Hall–Kier alpha value is -1.76. The van der Waals surface area contributed by atoms with Crippen molar-refractivity contribution in [2.24, 2.45) is 17.6 Å². The van der Waals surface area contributed by atoms with E-state index in [9.17, 15) is 18.0 Å². The second kappa shape index (κ2) is 6.56. The summed E-state index contributed by atoms with van der Waals surface area (Å²) >= 11 is 0. The van der Waals surface area contributed by atoms with E-state index in [2.05, 4.69) is 0 Å². The molecule has 0 aromatic heterocycles. The highest BCUT2D eigenvalue weighted by Gasteiger charge is 2.51. The number of amides is 1. The van der Waals surface area contributed by atoms with Gasteiger partial charge in [0.1, 0.15) is 12.4 Å². The van der Waals surface area contributed by atoms with Crippen molar-refractivity contribution < 1.29 is 22.7 Å². The number of benzene rings is 1. The third-order valence-electron chi connectivity index (χ3n) is 3.85. The van der Waals surface area contributed by atoms with Crippen LogP contribution in [0.15, 0.2) is 24.3 Å². The average molecular weight is 316 g/mol. The SMILES string of the molecule is Cc1cccc(OCCN2C[C@@H](C(F)(F)F)[C@H](C(N)=O)C2)c1. The fourth-order valence-electron chi connectivity index (χ4n) is 2.69. The summed E-state index contributed by atoms with van der Waals surface area (Å²) < 4.78 is 44.3. The Kier molecular flexibility index (Phi) is 4.95. The molecule has 0 saturated carbocycles. The van der Waals surface area contributed by atoms with E-state index in [1.165, 1.54) is 0 Å². The third kappa shape index (κ3) is 4.13. The zero-order valence-electron chi connectivity index (χ0n) is 12.3. The molecule has 1 saturated heterocycles. The molecule has 0 spiro atoms. The smallest absolute Gasteiger partial charge is 0.393 e. The molecule has 2 N–H and O–H groups in total. The minimum atomic E-state index is -4.41. The van der Waals surface area contributed by atoms with Gasteiger partial charge in [-0.15, -0.1) is 0 Å². The summed E-state index contributed by atoms with van der Waals surface area (Å²) in [6.45, 7) is 2.33. The van der Waals surface area contributed by atoms with Gasteiger partial charge >= 0.3 is 6.18 Å². The number of ether oxygens (including phenoxy) is 1. The Morgan fingerprint density at radius 3 is 2.68 bits per heavy atom. The Morgan fingerprint density at radius 1 is 1.41 bits per heavy atom. The van der Waals surface area contributed by atoms with Crippen LogP contribution in [0.1, 0.15) is 5.56 Å². The van der Waals surface area contributed by atoms with Gasteiger partial charge in [0.2, 0.25) is 5.91 Å². The maximum atomic E-state index is 12.9. The predicted molar refractivity (Wildman–Crippen MR) is 75.3 cm³/mol. The maximum absolute atomic E-state index is 12.9. The second-order valence-corrected chi connectivity index (χ2v) is 5.58. The summed E-state index contributed by atoms with van der Waals surface area (Å²) in [6.07, 6.45) is -4.41. The molecule has 1 amide bonds. The van der Waals surface area contributed by atoms with E-state index in [0.717, 1.165) is 5.56 Å². The first-order valence-electron chi connectivity index (χ1n) is 7.05. The van der Waals surface area contributed by atoms with Crippen molar-refractivity contribution in [3.63, 3.8) is 0 Å². The van der Waals surface area contributed by atoms with Crippen LogP contribution < -0.4 is 10.5 Å². The number of carbonyl (C=O) groups excluding carboxylic acids is 1. The zero-order valence-corrected chi connectivity index (χ0v) is 12.3. The van der Waals surface area contributed by atoms with Gasteiger partial charge in [-0.3, -0.25) is 9.69 Å². The number of likely N-dealkylation sites (tertiary alicyclic amines) is 1. The van der Waals surface area contributed by atoms with Gasteiger partial charge in [-0.2, -0.15) is 13.2 Å². The number of nitrogens with two attached hydrogens (primary N) is 1. The lowest BCUT2D eigenvalue weighted by atomic mass is 9.95. The summed E-state index contributed by atoms with van der Waals surface area (Å²) in [5.41, 5.74) is 6.13. The molecule has 4 nitrogen and oxygen atoms in total. The summed E-state index contributed by atoms with van der Waals surface area (Å²) in [4.78, 5) is 12.8. The number of primary amides is 1. The molecule has 1 heterocycles. The van der Waals surface area contributed by atoms with Crippen LogP contribution in [0.2, 0.25) is 0 Å². The van der Waals surface area contributed by atoms with Crippen LogP contribution in [0.3, 0.4) is 0 Å². The molecule has 1 aliphatic rings. The lowest BCUT2D eigenvalue weighted by Crippen LogP contribution is -2.37. The van der Waals surface area contributed by atoms with Gasteiger partial charge in [0.05, 0.1) is 11.8 Å². The minimum absolute atomic E-state index is 0.0245. The number of alkyl halides is 3. The van der Waals surface area contributed by atoms with Gasteiger partial charge in [0, 0.05) is 19.6 Å². The van der Waals surface area contributed by atoms with Crippen LogP contribution in [0.5, 0.6) is 5.75 Å². The predicted octanol–water partition coefficient (Wildman–Crippen LogP) is 1.97. The minimum Gasteiger partial charge on any atom is -0.492 e. The molecule has 2 atom stereocenters. The highest BCUT2D eigenvalue weighted by atomic mass is 19.4. The molecule has 7 heteroatoms. The molecule has 122 valence electrons. The lowest BCUT2D eigenvalue weighted by molar-refractivity contribution is -0.182. The van der Waals surface area contributed by atoms with Gasteiger partial charge in [0.25, 0.3) is 0 Å². The molecule has 0 aliphatic carbocycles. The van der Waals surface area contributed by atoms with E-state index in [1.807, 2.05) is 25.1 Å². The fourth-order valence-corrected chi connectivity index (χ4v) is 2.69. The molecular formula is C15H19F3N2O2. The zero-order chi connectivity index (χ0) is 16.3. The van der Waals surface area contributed by atoms with Crippen LogP contribution in [0.25, 0.3) is 0 Å². The summed E-state index contributed by atoms with van der Waals surface area (Å²) in [7, 11) is 0. The molecular weight excluding hydrogens is 297 g/mol. The van der Waals surface area contributed by atoms with E-state index in [1.54, 1.807) is 11.0 Å². The second-order valence-electron chi connectivity index (χ2n) is 5.58. The van der Waals surface area contributed by atoms with Crippen molar-refractivity contribution >= 4 is 5.91 Å². The van der Waals surface area contributed by atoms with Crippen LogP contribution in [-0.2, 0) is 4.79 Å². The quantitative estimate of drug-likeness (QED) is 0.903. The van der Waals surface area contributed by atoms with Crippen LogP contribution >= 0.6 is 0 Å². The van der Waals surface area contributed by atoms with E-state index >= 15 is 0 Å². The number of nitrogens with zero attached hydrogens (tertiary/aromatic N) is 1. The summed E-state index contributed by atoms with van der Waals surface area (Å²) in [5, 5.41) is 0. The monoisotopic (exact) mass is 316 g/mol. The number of hydrogen-bond donors (Lipinski definition) is 1. The highest BCUT2D eigenvalue weighted by molar-refractivity contribution is 5.77. The molecule has 0 radical (unpaired) electrons. The van der Waals surface area contributed by atoms with Crippen molar-refractivity contribution in [1.29, 1.82) is 0 Å². The number of rotatable bonds is 5. The van der Waals surface area contributed by atoms with Gasteiger partial charge in [-0.25, -0.2) is 0 Å². The molecule has 0 bridgehead atoms. The first kappa shape index (κ1) is 16.6. The van der Waals surface area contributed by atoms with Crippen LogP contribution in [-0.4, -0.2) is 43.2 Å². The van der Waals surface area contributed by atoms with E-state index < -0.39 is 23.9 Å². The number of aryl methyl sites for hydroxylation is 1. The fraction of sp³-hybridized carbons (Fsp3) is 0.533. The van der Waals surface area contributed by atoms with Crippen LogP contribution in [0, 0.1) is 18.8 Å². The summed E-state index contributed by atoms with van der Waals surface area (Å²) in [6, 6.07) is 7.43. The highest BCUT2D eigenvalue weighted by Crippen LogP contribution is 2.37. The first-order valence-corrected chi connectivity index (χ1v) is 7.05. The molecule has 0 unspecified atom stereocenters. The standard InChI is InChI=1S/C15H19F3N2O2/c1-10-3-2-4-11(7-10)22-6-5-20-8-12(14(19)21)13(9-20)15(16,17)18/h2-4,7,12-13H,5-6,8-9H2,1H3,(H2,19,21)/t12-,13-/m1/s1. The average Bonchev–Trinajstić information content (AvgIpc) is 2.83. The lowest BCUT2D eigenvalue weighted by Gasteiger charge is -2.18. The van der Waals surface area contributed by atoms with Crippen molar-refractivity contribution in [1.82, 2.24) is 4.90 Å². The van der Waals surface area contributed by atoms with E-state index in [-0.39, 0.29) is 19.7 Å². The van der Waals surface area contributed by atoms with Crippen LogP contribution in [0.4, 0.5) is 13.2 Å². The molecule has 1 aliphatic heterocycles. The number of carbonyl (C=O) groups is 1. The molecule has 1 aromatic carbocycles. The van der Waals surface area contributed by atoms with Gasteiger partial charge in [-0.05, 0) is 24.6 Å². The van der Waals surface area contributed by atoms with Crippen molar-refractivity contribution in [3.8, 4) is 5.75 Å². The Labute approximate surface area is 127 Å². The number of hydrogen-bond acceptors (Lipinski definition) is 3. The van der Waals surface area contributed by atoms with Gasteiger partial charge < -0.3 is 10.5 Å². The first-order chi connectivity index (χ1) is 10.3. The molecule has 1 fully saturated rings. The van der Waals surface area contributed by atoms with E-state index in [0.29, 0.717) is 12.3 Å². The van der Waals surface area contributed by atoms with Crippen molar-refractivity contribution in [2.45, 2.75) is 13.1 Å². The topological polar surface area (TPSA) is 55.6 Å².